The monoisotopic (exact) mass is 351 g/mol. The maximum atomic E-state index is 13.5. The molecule has 118 valence electrons. The zero-order chi connectivity index (χ0) is 16.4. The molecule has 0 atom stereocenters. The van der Waals surface area contributed by atoms with Crippen molar-refractivity contribution in [1.82, 2.24) is 5.16 Å². The van der Waals surface area contributed by atoms with Crippen LogP contribution in [0.25, 0.3) is 10.6 Å². The Balaban J connectivity index is 1.78. The summed E-state index contributed by atoms with van der Waals surface area (Å²) in [7, 11) is 0. The van der Waals surface area contributed by atoms with Crippen molar-refractivity contribution in [3.8, 4) is 10.6 Å². The fourth-order valence-electron chi connectivity index (χ4n) is 2.05. The van der Waals surface area contributed by atoms with Crippen LogP contribution in [0.15, 0.2) is 41.1 Å². The van der Waals surface area contributed by atoms with Crippen molar-refractivity contribution in [1.29, 1.82) is 0 Å². The van der Waals surface area contributed by atoms with E-state index in [9.17, 15) is 9.18 Å². The molecule has 0 fully saturated rings. The van der Waals surface area contributed by atoms with E-state index >= 15 is 0 Å². The lowest BCUT2D eigenvalue weighted by atomic mass is 10.1. The van der Waals surface area contributed by atoms with Gasteiger partial charge in [0.25, 0.3) is 5.91 Å². The Bertz CT molecular complexity index is 862. The van der Waals surface area contributed by atoms with Gasteiger partial charge in [-0.15, -0.1) is 11.3 Å². The Morgan fingerprint density at radius 3 is 2.91 bits per heavy atom. The van der Waals surface area contributed by atoms with Gasteiger partial charge in [0.1, 0.15) is 5.82 Å². The molecule has 0 radical (unpaired) electrons. The lowest BCUT2D eigenvalue weighted by Gasteiger charge is -2.07. The molecule has 3 aromatic rings. The van der Waals surface area contributed by atoms with E-state index in [2.05, 4.69) is 10.5 Å². The van der Waals surface area contributed by atoms with Gasteiger partial charge < -0.3 is 15.6 Å². The van der Waals surface area contributed by atoms with Crippen molar-refractivity contribution in [2.24, 2.45) is 5.73 Å². The highest BCUT2D eigenvalue weighted by atomic mass is 35.5. The van der Waals surface area contributed by atoms with E-state index in [0.29, 0.717) is 22.3 Å². The Hall–Kier alpha value is -2.38. The van der Waals surface area contributed by atoms with Crippen molar-refractivity contribution >= 4 is 34.5 Å². The molecule has 1 aromatic carbocycles. The number of carbonyl (C=O) groups excluding carboxylic acids is 1. The third-order valence-corrected chi connectivity index (χ3v) is 4.39. The van der Waals surface area contributed by atoms with Crippen molar-refractivity contribution < 1.29 is 13.7 Å². The topological polar surface area (TPSA) is 81.2 Å². The zero-order valence-electron chi connectivity index (χ0n) is 11.7. The summed E-state index contributed by atoms with van der Waals surface area (Å²) in [4.78, 5) is 12.0. The van der Waals surface area contributed by atoms with Crippen molar-refractivity contribution in [3.05, 3.63) is 57.8 Å². The van der Waals surface area contributed by atoms with Gasteiger partial charge in [-0.2, -0.15) is 0 Å². The lowest BCUT2D eigenvalue weighted by Crippen LogP contribution is -2.13. The molecular formula is C15H11ClFN3O2S. The Kier molecular flexibility index (Phi) is 4.31. The van der Waals surface area contributed by atoms with Gasteiger partial charge in [-0.25, -0.2) is 4.39 Å². The van der Waals surface area contributed by atoms with Crippen LogP contribution < -0.4 is 11.1 Å². The van der Waals surface area contributed by atoms with E-state index < -0.39 is 11.7 Å². The maximum absolute atomic E-state index is 13.5. The number of primary amides is 1. The van der Waals surface area contributed by atoms with Crippen LogP contribution in [0.4, 0.5) is 10.1 Å². The summed E-state index contributed by atoms with van der Waals surface area (Å²) in [6.07, 6.45) is 1.59. The molecule has 0 aliphatic rings. The van der Waals surface area contributed by atoms with Crippen LogP contribution in [-0.2, 0) is 6.54 Å². The zero-order valence-corrected chi connectivity index (χ0v) is 13.2. The van der Waals surface area contributed by atoms with E-state index in [0.717, 1.165) is 10.4 Å². The van der Waals surface area contributed by atoms with Gasteiger partial charge in [-0.3, -0.25) is 4.79 Å². The van der Waals surface area contributed by atoms with Gasteiger partial charge in [-0.1, -0.05) is 16.8 Å². The Morgan fingerprint density at radius 2 is 2.22 bits per heavy atom. The summed E-state index contributed by atoms with van der Waals surface area (Å²) in [6, 6.07) is 7.71. The van der Waals surface area contributed by atoms with Crippen LogP contribution in [0.2, 0.25) is 4.34 Å². The fraction of sp³-hybridized carbons (Fsp3) is 0.0667. The third-order valence-electron chi connectivity index (χ3n) is 3.16. The first-order valence-corrected chi connectivity index (χ1v) is 7.76. The number of hydrogen-bond acceptors (Lipinski definition) is 5. The van der Waals surface area contributed by atoms with Gasteiger partial charge in [0.05, 0.1) is 21.0 Å². The standard InChI is InChI=1S/C15H11ClFN3O2S/c16-13-4-3-12(23-13)14-8(7-20-22-14)6-19-9-1-2-11(17)10(5-9)15(18)21/h1-5,7,19H,6H2,(H2,18,21). The maximum Gasteiger partial charge on any atom is 0.251 e. The molecular weight excluding hydrogens is 341 g/mol. The molecule has 0 saturated carbocycles. The second-order valence-corrected chi connectivity index (χ2v) is 6.41. The number of nitrogens with zero attached hydrogens (tertiary/aromatic N) is 1. The number of nitrogens with two attached hydrogens (primary N) is 1. The van der Waals surface area contributed by atoms with Crippen LogP contribution >= 0.6 is 22.9 Å². The number of amides is 1. The lowest BCUT2D eigenvalue weighted by molar-refractivity contribution is 0.0996. The first kappa shape index (κ1) is 15.5. The van der Waals surface area contributed by atoms with E-state index in [1.165, 1.54) is 29.5 Å². The van der Waals surface area contributed by atoms with E-state index in [4.69, 9.17) is 21.9 Å². The Morgan fingerprint density at radius 1 is 1.39 bits per heavy atom. The summed E-state index contributed by atoms with van der Waals surface area (Å²) >= 11 is 7.31. The molecule has 8 heteroatoms. The molecule has 0 saturated heterocycles. The number of halogens is 2. The number of aromatic nitrogens is 1. The van der Waals surface area contributed by atoms with Gasteiger partial charge in [0.15, 0.2) is 5.76 Å². The first-order valence-electron chi connectivity index (χ1n) is 6.57. The number of hydrogen-bond donors (Lipinski definition) is 2. The largest absolute Gasteiger partial charge is 0.381 e. The summed E-state index contributed by atoms with van der Waals surface area (Å²) in [5.74, 6) is -0.848. The minimum atomic E-state index is -0.815. The molecule has 1 amide bonds. The molecule has 3 N–H and O–H groups in total. The predicted octanol–water partition coefficient (Wildman–Crippen LogP) is 3.91. The number of thiophene rings is 1. The van der Waals surface area contributed by atoms with Gasteiger partial charge >= 0.3 is 0 Å². The third kappa shape index (κ3) is 3.35. The van der Waals surface area contributed by atoms with Crippen LogP contribution in [0.3, 0.4) is 0 Å². The predicted molar refractivity (Wildman–Crippen MR) is 87.1 cm³/mol. The normalized spacial score (nSPS) is 10.7. The SMILES string of the molecule is NC(=O)c1cc(NCc2cnoc2-c2ccc(Cl)s2)ccc1F. The van der Waals surface area contributed by atoms with E-state index in [1.54, 1.807) is 12.3 Å². The molecule has 3 rings (SSSR count). The highest BCUT2D eigenvalue weighted by Crippen LogP contribution is 2.33. The summed E-state index contributed by atoms with van der Waals surface area (Å²) < 4.78 is 19.4. The van der Waals surface area contributed by atoms with E-state index in [-0.39, 0.29) is 5.56 Å². The molecule has 0 unspecified atom stereocenters. The summed E-state index contributed by atoms with van der Waals surface area (Å²) in [6.45, 7) is 0.387. The Labute approximate surface area is 139 Å². The number of rotatable bonds is 5. The van der Waals surface area contributed by atoms with Gasteiger partial charge in [0, 0.05) is 17.8 Å². The van der Waals surface area contributed by atoms with E-state index in [1.807, 2.05) is 6.07 Å². The second-order valence-electron chi connectivity index (χ2n) is 4.70. The molecule has 2 aromatic heterocycles. The van der Waals surface area contributed by atoms with Crippen molar-refractivity contribution in [3.63, 3.8) is 0 Å². The number of nitrogens with one attached hydrogen (secondary N) is 1. The van der Waals surface area contributed by atoms with Crippen molar-refractivity contribution in [2.75, 3.05) is 5.32 Å². The molecule has 23 heavy (non-hydrogen) atoms. The number of benzene rings is 1. The molecule has 0 bridgehead atoms. The summed E-state index contributed by atoms with van der Waals surface area (Å²) in [5, 5.41) is 6.88. The fourth-order valence-corrected chi connectivity index (χ4v) is 3.10. The summed E-state index contributed by atoms with van der Waals surface area (Å²) in [5.41, 5.74) is 6.35. The second kappa shape index (κ2) is 6.39. The van der Waals surface area contributed by atoms with Gasteiger partial charge in [-0.05, 0) is 30.3 Å². The van der Waals surface area contributed by atoms with Crippen LogP contribution in [0.1, 0.15) is 15.9 Å². The highest BCUT2D eigenvalue weighted by Gasteiger charge is 2.14. The average Bonchev–Trinajstić information content (AvgIpc) is 3.14. The number of carbonyl (C=O) groups is 1. The highest BCUT2D eigenvalue weighted by molar-refractivity contribution is 7.19. The number of anilines is 1. The smallest absolute Gasteiger partial charge is 0.251 e. The molecule has 0 aliphatic carbocycles. The first-order chi connectivity index (χ1) is 11.0. The van der Waals surface area contributed by atoms with Crippen molar-refractivity contribution in [2.45, 2.75) is 6.54 Å². The van der Waals surface area contributed by atoms with Crippen LogP contribution in [-0.4, -0.2) is 11.1 Å². The molecule has 5 nitrogen and oxygen atoms in total. The molecule has 2 heterocycles. The molecule has 0 aliphatic heterocycles. The quantitative estimate of drug-likeness (QED) is 0.730. The van der Waals surface area contributed by atoms with Crippen LogP contribution in [0.5, 0.6) is 0 Å². The minimum Gasteiger partial charge on any atom is -0.381 e. The average molecular weight is 352 g/mol. The van der Waals surface area contributed by atoms with Gasteiger partial charge in [0.2, 0.25) is 0 Å². The molecule has 0 spiro atoms. The van der Waals surface area contributed by atoms with Crippen LogP contribution in [0, 0.1) is 5.82 Å². The minimum absolute atomic E-state index is 0.161.